The van der Waals surface area contributed by atoms with Crippen molar-refractivity contribution in [3.05, 3.63) is 52.1 Å². The predicted molar refractivity (Wildman–Crippen MR) is 105 cm³/mol. The molecule has 3 heterocycles. The molecule has 5 rings (SSSR count). The summed E-state index contributed by atoms with van der Waals surface area (Å²) in [6.07, 6.45) is 5.15. The Hall–Kier alpha value is -3.16. The van der Waals surface area contributed by atoms with Gasteiger partial charge in [0.05, 0.1) is 11.2 Å². The first-order valence-corrected chi connectivity index (χ1v) is 9.63. The van der Waals surface area contributed by atoms with E-state index in [0.29, 0.717) is 13.1 Å². The zero-order chi connectivity index (χ0) is 19.3. The molecule has 8 nitrogen and oxygen atoms in total. The Morgan fingerprint density at radius 2 is 2.00 bits per heavy atom. The van der Waals surface area contributed by atoms with Gasteiger partial charge in [-0.2, -0.15) is 5.10 Å². The molecule has 1 aromatic carbocycles. The molecule has 144 valence electrons. The predicted octanol–water partition coefficient (Wildman–Crippen LogP) is 1.21. The number of fused-ring (bicyclic) bond motifs is 3. The molecular weight excluding hydrogens is 356 g/mol. The molecule has 1 amide bonds. The number of nitrogens with zero attached hydrogens (tertiary/aromatic N) is 4. The van der Waals surface area contributed by atoms with E-state index in [4.69, 9.17) is 5.73 Å². The van der Waals surface area contributed by atoms with E-state index >= 15 is 0 Å². The summed E-state index contributed by atoms with van der Waals surface area (Å²) < 4.78 is 1.71. The Morgan fingerprint density at radius 1 is 1.21 bits per heavy atom. The third-order valence-electron chi connectivity index (χ3n) is 6.22. The van der Waals surface area contributed by atoms with E-state index in [1.54, 1.807) is 4.68 Å². The fourth-order valence-corrected chi connectivity index (χ4v) is 4.67. The van der Waals surface area contributed by atoms with Crippen LogP contribution in [0.1, 0.15) is 30.5 Å². The molecule has 0 atom stereocenters. The number of nitrogens with one attached hydrogen (secondary N) is 1. The van der Waals surface area contributed by atoms with Crippen molar-refractivity contribution in [2.75, 3.05) is 18.8 Å². The molecule has 1 fully saturated rings. The van der Waals surface area contributed by atoms with Crippen LogP contribution in [0.5, 0.6) is 0 Å². The van der Waals surface area contributed by atoms with Crippen LogP contribution in [0.15, 0.2) is 35.3 Å². The van der Waals surface area contributed by atoms with Crippen LogP contribution in [0.2, 0.25) is 0 Å². The highest BCUT2D eigenvalue weighted by molar-refractivity contribution is 5.80. The number of benzene rings is 1. The van der Waals surface area contributed by atoms with Gasteiger partial charge in [-0.1, -0.05) is 18.2 Å². The number of anilines is 1. The summed E-state index contributed by atoms with van der Waals surface area (Å²) in [5.74, 6) is 0.244. The Bertz CT molecular complexity index is 1090. The standard InChI is InChI=1S/C20H22N6O2/c21-19-22-17-14(18(28)23-19)5-6-20(17)7-9-25(10-8-20)16(27)12-26-11-13-3-1-2-4-15(13)24-26/h1-4,11H,5-10,12H2,(H3,21,22,23,28). The maximum Gasteiger partial charge on any atom is 0.255 e. The molecule has 2 aromatic heterocycles. The summed E-state index contributed by atoms with van der Waals surface area (Å²) in [6, 6.07) is 7.84. The van der Waals surface area contributed by atoms with Crippen molar-refractivity contribution in [2.24, 2.45) is 0 Å². The zero-order valence-electron chi connectivity index (χ0n) is 15.5. The first-order chi connectivity index (χ1) is 13.5. The van der Waals surface area contributed by atoms with Gasteiger partial charge in [0.2, 0.25) is 11.9 Å². The van der Waals surface area contributed by atoms with Crippen LogP contribution in [-0.2, 0) is 23.2 Å². The van der Waals surface area contributed by atoms with Gasteiger partial charge in [-0.05, 0) is 31.7 Å². The molecule has 3 aromatic rings. The van der Waals surface area contributed by atoms with Crippen molar-refractivity contribution in [3.8, 4) is 0 Å². The lowest BCUT2D eigenvalue weighted by molar-refractivity contribution is -0.133. The molecule has 3 N–H and O–H groups in total. The fourth-order valence-electron chi connectivity index (χ4n) is 4.67. The summed E-state index contributed by atoms with van der Waals surface area (Å²) in [6.45, 7) is 1.56. The number of carbonyl (C=O) groups is 1. The number of H-pyrrole nitrogens is 1. The highest BCUT2D eigenvalue weighted by Crippen LogP contribution is 2.44. The number of nitrogen functional groups attached to an aromatic ring is 1. The second kappa shape index (κ2) is 6.19. The van der Waals surface area contributed by atoms with Gasteiger partial charge in [0.25, 0.3) is 5.56 Å². The number of hydrogen-bond donors (Lipinski definition) is 2. The summed E-state index contributed by atoms with van der Waals surface area (Å²) in [7, 11) is 0. The van der Waals surface area contributed by atoms with Gasteiger partial charge in [0, 0.05) is 35.7 Å². The number of amides is 1. The van der Waals surface area contributed by atoms with E-state index in [-0.39, 0.29) is 29.4 Å². The molecule has 28 heavy (non-hydrogen) atoms. The van der Waals surface area contributed by atoms with Gasteiger partial charge < -0.3 is 10.6 Å². The molecule has 1 aliphatic carbocycles. The summed E-state index contributed by atoms with van der Waals surface area (Å²) in [5, 5.41) is 5.51. The molecule has 8 heteroatoms. The third-order valence-corrected chi connectivity index (χ3v) is 6.22. The first-order valence-electron chi connectivity index (χ1n) is 9.63. The number of aromatic nitrogens is 4. The minimum atomic E-state index is -0.130. The Morgan fingerprint density at radius 3 is 2.79 bits per heavy atom. The normalized spacial score (nSPS) is 17.9. The van der Waals surface area contributed by atoms with Crippen molar-refractivity contribution < 1.29 is 4.79 Å². The van der Waals surface area contributed by atoms with Crippen LogP contribution < -0.4 is 11.3 Å². The lowest BCUT2D eigenvalue weighted by atomic mass is 9.76. The second-order valence-electron chi connectivity index (χ2n) is 7.82. The lowest BCUT2D eigenvalue weighted by Gasteiger charge is -2.39. The number of hydrogen-bond acceptors (Lipinski definition) is 5. The van der Waals surface area contributed by atoms with E-state index in [0.717, 1.165) is 47.8 Å². The van der Waals surface area contributed by atoms with Gasteiger partial charge in [0.15, 0.2) is 0 Å². The summed E-state index contributed by atoms with van der Waals surface area (Å²) in [4.78, 5) is 33.9. The lowest BCUT2D eigenvalue weighted by Crippen LogP contribution is -2.46. The number of aromatic amines is 1. The second-order valence-corrected chi connectivity index (χ2v) is 7.82. The van der Waals surface area contributed by atoms with Crippen LogP contribution in [0.4, 0.5) is 5.95 Å². The van der Waals surface area contributed by atoms with Crippen LogP contribution in [0.25, 0.3) is 10.9 Å². The van der Waals surface area contributed by atoms with Crippen molar-refractivity contribution in [2.45, 2.75) is 37.6 Å². The number of rotatable bonds is 2. The maximum absolute atomic E-state index is 12.8. The molecule has 1 saturated heterocycles. The van der Waals surface area contributed by atoms with E-state index in [1.165, 1.54) is 0 Å². The minimum absolute atomic E-state index is 0.0688. The SMILES string of the molecule is Nc1nc2c(c(=O)[nH]1)CCC21CCN(C(=O)Cn2cc3ccccc3n2)CC1. The molecule has 1 spiro atoms. The highest BCUT2D eigenvalue weighted by atomic mass is 16.2. The number of carbonyl (C=O) groups excluding carboxylic acids is 1. The number of piperidine rings is 1. The Balaban J connectivity index is 1.30. The molecular formula is C20H22N6O2. The van der Waals surface area contributed by atoms with E-state index in [2.05, 4.69) is 15.1 Å². The number of likely N-dealkylation sites (tertiary alicyclic amines) is 1. The van der Waals surface area contributed by atoms with Gasteiger partial charge >= 0.3 is 0 Å². The quantitative estimate of drug-likeness (QED) is 0.696. The zero-order valence-corrected chi connectivity index (χ0v) is 15.5. The van der Waals surface area contributed by atoms with E-state index in [1.807, 2.05) is 35.4 Å². The minimum Gasteiger partial charge on any atom is -0.369 e. The van der Waals surface area contributed by atoms with Gasteiger partial charge in [-0.3, -0.25) is 19.3 Å². The summed E-state index contributed by atoms with van der Waals surface area (Å²) in [5.41, 5.74) is 8.02. The Labute approximate surface area is 161 Å². The van der Waals surface area contributed by atoms with Gasteiger partial charge in [-0.15, -0.1) is 0 Å². The largest absolute Gasteiger partial charge is 0.369 e. The molecule has 0 unspecified atom stereocenters. The smallest absolute Gasteiger partial charge is 0.255 e. The average molecular weight is 378 g/mol. The van der Waals surface area contributed by atoms with Crippen molar-refractivity contribution in [3.63, 3.8) is 0 Å². The molecule has 0 bridgehead atoms. The fraction of sp³-hybridized carbons (Fsp3) is 0.400. The van der Waals surface area contributed by atoms with Crippen molar-refractivity contribution in [1.29, 1.82) is 0 Å². The van der Waals surface area contributed by atoms with Crippen molar-refractivity contribution >= 4 is 22.8 Å². The third kappa shape index (κ3) is 2.67. The topological polar surface area (TPSA) is 110 Å². The van der Waals surface area contributed by atoms with E-state index in [9.17, 15) is 9.59 Å². The van der Waals surface area contributed by atoms with E-state index < -0.39 is 0 Å². The highest BCUT2D eigenvalue weighted by Gasteiger charge is 2.44. The van der Waals surface area contributed by atoms with Gasteiger partial charge in [-0.25, -0.2) is 4.98 Å². The van der Waals surface area contributed by atoms with Gasteiger partial charge in [0.1, 0.15) is 6.54 Å². The molecule has 0 saturated carbocycles. The van der Waals surface area contributed by atoms with Crippen LogP contribution in [0, 0.1) is 0 Å². The Kier molecular flexibility index (Phi) is 3.75. The van der Waals surface area contributed by atoms with Crippen molar-refractivity contribution in [1.82, 2.24) is 24.6 Å². The molecule has 2 aliphatic rings. The maximum atomic E-state index is 12.8. The summed E-state index contributed by atoms with van der Waals surface area (Å²) >= 11 is 0. The molecule has 0 radical (unpaired) electrons. The molecule has 1 aliphatic heterocycles. The van der Waals surface area contributed by atoms with Crippen LogP contribution in [0.3, 0.4) is 0 Å². The monoisotopic (exact) mass is 378 g/mol. The average Bonchev–Trinajstić information content (AvgIpc) is 3.24. The van der Waals surface area contributed by atoms with Crippen LogP contribution in [-0.4, -0.2) is 43.6 Å². The van der Waals surface area contributed by atoms with Crippen LogP contribution >= 0.6 is 0 Å². The first kappa shape index (κ1) is 17.0. The number of nitrogens with two attached hydrogens (primary N) is 1.